The number of aliphatic hydroxyl groups excluding tert-OH is 2. The van der Waals surface area contributed by atoms with Crippen LogP contribution in [-0.2, 0) is 27.2 Å². The fourth-order valence-corrected chi connectivity index (χ4v) is 4.96. The summed E-state index contributed by atoms with van der Waals surface area (Å²) in [5, 5.41) is 20.2. The third kappa shape index (κ3) is 7.97. The molecule has 0 radical (unpaired) electrons. The van der Waals surface area contributed by atoms with Crippen LogP contribution in [0.2, 0.25) is 0 Å². The molecule has 0 aromatic carbocycles. The molecule has 0 amide bonds. The molecule has 0 spiro atoms. The molecule has 0 saturated carbocycles. The molecular formula is C15H27N3O12P2. The second kappa shape index (κ2) is 11.8. The summed E-state index contributed by atoms with van der Waals surface area (Å²) in [5.41, 5.74) is 3.73. The van der Waals surface area contributed by atoms with Crippen LogP contribution in [0.25, 0.3) is 0 Å². The second-order valence-corrected chi connectivity index (χ2v) is 9.96. The van der Waals surface area contributed by atoms with Crippen molar-refractivity contribution in [3.05, 3.63) is 33.1 Å². The number of H-pyrrole nitrogens is 1. The Kier molecular flexibility index (Phi) is 9.94. The molecule has 2 heterocycles. The summed E-state index contributed by atoms with van der Waals surface area (Å²) in [5.74, 6) is 0. The van der Waals surface area contributed by atoms with Crippen molar-refractivity contribution in [1.29, 1.82) is 0 Å². The summed E-state index contributed by atoms with van der Waals surface area (Å²) >= 11 is 0. The van der Waals surface area contributed by atoms with Crippen molar-refractivity contribution >= 4 is 15.6 Å². The largest absolute Gasteiger partial charge is 0.481 e. The fourth-order valence-electron chi connectivity index (χ4n) is 2.85. The fraction of sp³-hybridized carbons (Fsp3) is 0.733. The summed E-state index contributed by atoms with van der Waals surface area (Å²) in [6, 6.07) is 0.987. The van der Waals surface area contributed by atoms with Gasteiger partial charge in [0, 0.05) is 12.3 Å². The van der Waals surface area contributed by atoms with E-state index in [0.29, 0.717) is 19.4 Å². The van der Waals surface area contributed by atoms with Gasteiger partial charge < -0.3 is 30.5 Å². The minimum atomic E-state index is -5.13. The number of hydrogen-bond donors (Lipinski definition) is 6. The highest BCUT2D eigenvalue weighted by Gasteiger charge is 2.46. The predicted octanol–water partition coefficient (Wildman–Crippen LogP) is -1.07. The van der Waals surface area contributed by atoms with Gasteiger partial charge in [0.1, 0.15) is 18.3 Å². The molecule has 17 heteroatoms. The predicted molar refractivity (Wildman–Crippen MR) is 107 cm³/mol. The van der Waals surface area contributed by atoms with Gasteiger partial charge in [-0.1, -0.05) is 12.8 Å². The van der Waals surface area contributed by atoms with Gasteiger partial charge in [-0.3, -0.25) is 23.4 Å². The second-order valence-electron chi connectivity index (χ2n) is 6.91. The SMILES string of the molecule is NCCCCCCOP(=O)(O)OP(=O)(O)OC[C@@H]1O[C@H](n2ccc(=O)[nH]c2=O)[C@H](O)[C@H]1O. The Morgan fingerprint density at radius 3 is 2.38 bits per heavy atom. The van der Waals surface area contributed by atoms with E-state index in [1.54, 1.807) is 0 Å². The third-order valence-corrected chi connectivity index (χ3v) is 7.06. The van der Waals surface area contributed by atoms with Crippen LogP contribution in [0.4, 0.5) is 0 Å². The highest BCUT2D eigenvalue weighted by Crippen LogP contribution is 2.60. The summed E-state index contributed by atoms with van der Waals surface area (Å²) in [7, 11) is -10.1. The highest BCUT2D eigenvalue weighted by molar-refractivity contribution is 7.61. The molecule has 6 atom stereocenters. The van der Waals surface area contributed by atoms with E-state index in [4.69, 9.17) is 10.5 Å². The van der Waals surface area contributed by atoms with E-state index < -0.39 is 58.0 Å². The van der Waals surface area contributed by atoms with Crippen molar-refractivity contribution < 1.29 is 47.2 Å². The van der Waals surface area contributed by atoms with Crippen LogP contribution in [0.1, 0.15) is 31.9 Å². The van der Waals surface area contributed by atoms with Crippen LogP contribution in [0.15, 0.2) is 21.9 Å². The van der Waals surface area contributed by atoms with E-state index in [9.17, 15) is 38.7 Å². The lowest BCUT2D eigenvalue weighted by atomic mass is 10.1. The number of nitrogens with two attached hydrogens (primary N) is 1. The monoisotopic (exact) mass is 503 g/mol. The van der Waals surface area contributed by atoms with E-state index in [1.165, 1.54) is 0 Å². The minimum absolute atomic E-state index is 0.204. The molecule has 0 bridgehead atoms. The first kappa shape index (κ1) is 27.0. The summed E-state index contributed by atoms with van der Waals surface area (Å²) in [6.45, 7) is -0.531. The summed E-state index contributed by atoms with van der Waals surface area (Å²) in [4.78, 5) is 44.2. The van der Waals surface area contributed by atoms with Gasteiger partial charge in [-0.05, 0) is 19.4 Å². The van der Waals surface area contributed by atoms with Crippen molar-refractivity contribution in [3.8, 4) is 0 Å². The molecule has 184 valence electrons. The van der Waals surface area contributed by atoms with E-state index in [-0.39, 0.29) is 6.61 Å². The molecule has 7 N–H and O–H groups in total. The maximum absolute atomic E-state index is 12.0. The van der Waals surface area contributed by atoms with E-state index in [2.05, 4.69) is 13.4 Å². The van der Waals surface area contributed by atoms with E-state index >= 15 is 0 Å². The van der Waals surface area contributed by atoms with Gasteiger partial charge in [0.2, 0.25) is 0 Å². The van der Waals surface area contributed by atoms with Crippen LogP contribution in [-0.4, -0.2) is 67.6 Å². The van der Waals surface area contributed by atoms with Crippen molar-refractivity contribution in [2.24, 2.45) is 5.73 Å². The first-order valence-corrected chi connectivity index (χ1v) is 12.6. The highest BCUT2D eigenvalue weighted by atomic mass is 31.3. The Hall–Kier alpha value is -1.22. The molecule has 1 fully saturated rings. The lowest BCUT2D eigenvalue weighted by molar-refractivity contribution is -0.0543. The Morgan fingerprint density at radius 1 is 1.06 bits per heavy atom. The average molecular weight is 503 g/mol. The average Bonchev–Trinajstić information content (AvgIpc) is 2.97. The van der Waals surface area contributed by atoms with Crippen LogP contribution in [0, 0.1) is 0 Å². The standard InChI is InChI=1S/C15H27N3O12P2/c16-6-3-1-2-4-8-27-31(23,24)30-32(25,26)28-9-10-12(20)13(21)14(29-10)18-7-5-11(19)17-15(18)22/h5,7,10,12-14,20-21H,1-4,6,8-9,16H2,(H,23,24)(H,25,26)(H,17,19,22)/t10-,12-,13+,14-/m0/s1. The number of nitrogens with one attached hydrogen (secondary N) is 1. The zero-order valence-corrected chi connectivity index (χ0v) is 18.7. The molecule has 15 nitrogen and oxygen atoms in total. The number of phosphoric acid groups is 2. The third-order valence-electron chi connectivity index (χ3n) is 4.42. The van der Waals surface area contributed by atoms with Gasteiger partial charge >= 0.3 is 21.3 Å². The summed E-state index contributed by atoms with van der Waals surface area (Å²) in [6.07, 6.45) is -2.50. The van der Waals surface area contributed by atoms with Crippen LogP contribution < -0.4 is 17.0 Å². The molecule has 2 rings (SSSR count). The Balaban J connectivity index is 1.88. The maximum Gasteiger partial charge on any atom is 0.481 e. The van der Waals surface area contributed by atoms with Gasteiger partial charge in [-0.2, -0.15) is 4.31 Å². The zero-order valence-electron chi connectivity index (χ0n) is 16.9. The Morgan fingerprint density at radius 2 is 1.72 bits per heavy atom. The molecule has 1 aromatic heterocycles. The number of aromatic nitrogens is 2. The Labute approximate surface area is 181 Å². The first-order valence-electron chi connectivity index (χ1n) is 9.65. The smallest absolute Gasteiger partial charge is 0.387 e. The number of ether oxygens (including phenoxy) is 1. The minimum Gasteiger partial charge on any atom is -0.387 e. The number of nitrogens with zero attached hydrogens (tertiary/aromatic N) is 1. The number of unbranched alkanes of at least 4 members (excludes halogenated alkanes) is 3. The molecular weight excluding hydrogens is 476 g/mol. The number of rotatable bonds is 13. The van der Waals surface area contributed by atoms with Gasteiger partial charge in [-0.15, -0.1) is 0 Å². The molecule has 1 aliphatic heterocycles. The zero-order chi connectivity index (χ0) is 23.9. The molecule has 1 aliphatic rings. The van der Waals surface area contributed by atoms with E-state index in [1.807, 2.05) is 4.98 Å². The van der Waals surface area contributed by atoms with Crippen LogP contribution in [0.3, 0.4) is 0 Å². The molecule has 32 heavy (non-hydrogen) atoms. The summed E-state index contributed by atoms with van der Waals surface area (Å²) < 4.78 is 43.3. The van der Waals surface area contributed by atoms with Gasteiger partial charge in [0.25, 0.3) is 5.56 Å². The number of aromatic amines is 1. The Bertz CT molecular complexity index is 952. The molecule has 2 unspecified atom stereocenters. The van der Waals surface area contributed by atoms with Crippen LogP contribution >= 0.6 is 15.6 Å². The normalized spacial score (nSPS) is 27.2. The van der Waals surface area contributed by atoms with E-state index in [0.717, 1.165) is 29.7 Å². The quantitative estimate of drug-likeness (QED) is 0.139. The first-order chi connectivity index (χ1) is 15.0. The van der Waals surface area contributed by atoms with Crippen LogP contribution in [0.5, 0.6) is 0 Å². The van der Waals surface area contributed by atoms with Crippen molar-refractivity contribution in [2.75, 3.05) is 19.8 Å². The van der Waals surface area contributed by atoms with Crippen molar-refractivity contribution in [3.63, 3.8) is 0 Å². The lowest BCUT2D eigenvalue weighted by Crippen LogP contribution is -2.37. The lowest BCUT2D eigenvalue weighted by Gasteiger charge is -2.19. The van der Waals surface area contributed by atoms with Gasteiger partial charge in [-0.25, -0.2) is 13.9 Å². The number of hydrogen-bond acceptors (Lipinski definition) is 11. The van der Waals surface area contributed by atoms with Gasteiger partial charge in [0.05, 0.1) is 13.2 Å². The van der Waals surface area contributed by atoms with Crippen molar-refractivity contribution in [1.82, 2.24) is 9.55 Å². The maximum atomic E-state index is 12.0. The molecule has 0 aliphatic carbocycles. The molecule has 1 saturated heterocycles. The van der Waals surface area contributed by atoms with Gasteiger partial charge in [0.15, 0.2) is 6.23 Å². The number of aliphatic hydroxyl groups is 2. The topological polar surface area (TPSA) is 233 Å². The van der Waals surface area contributed by atoms with Crippen molar-refractivity contribution in [2.45, 2.75) is 50.2 Å². The molecule has 1 aromatic rings. The number of phosphoric ester groups is 2.